The molecule has 162 valence electrons. The summed E-state index contributed by atoms with van der Waals surface area (Å²) in [7, 11) is -4.42. The van der Waals surface area contributed by atoms with Crippen LogP contribution in [0.25, 0.3) is 0 Å². The smallest absolute Gasteiger partial charge is 0.333 e. The summed E-state index contributed by atoms with van der Waals surface area (Å²) in [5, 5.41) is 10.2. The Hall–Kier alpha value is -2.79. The van der Waals surface area contributed by atoms with Crippen LogP contribution in [0.1, 0.15) is 43.7 Å². The average Bonchev–Trinajstić information content (AvgIpc) is 2.67. The molecule has 0 aliphatic heterocycles. The number of phenolic OH excluding ortho intramolecular Hbond substituents is 1. The summed E-state index contributed by atoms with van der Waals surface area (Å²) in [6, 6.07) is 14.8. The van der Waals surface area contributed by atoms with Crippen LogP contribution in [-0.4, -0.2) is 26.8 Å². The van der Waals surface area contributed by atoms with Crippen LogP contribution < -0.4 is 0 Å². The van der Waals surface area contributed by atoms with Gasteiger partial charge in [-0.1, -0.05) is 24.3 Å². The van der Waals surface area contributed by atoms with Crippen molar-refractivity contribution in [2.75, 3.05) is 6.16 Å². The molecule has 0 aliphatic rings. The zero-order chi connectivity index (χ0) is 22.8. The third kappa shape index (κ3) is 6.11. The van der Waals surface area contributed by atoms with Gasteiger partial charge in [0.05, 0.1) is 0 Å². The van der Waals surface area contributed by atoms with Gasteiger partial charge in [-0.25, -0.2) is 4.39 Å². The van der Waals surface area contributed by atoms with E-state index in [2.05, 4.69) is 0 Å². The fourth-order valence-corrected chi connectivity index (χ4v) is 4.19. The molecule has 0 heterocycles. The van der Waals surface area contributed by atoms with Crippen LogP contribution in [0.3, 0.4) is 0 Å². The highest BCUT2D eigenvalue weighted by Crippen LogP contribution is 2.35. The van der Waals surface area contributed by atoms with E-state index in [0.717, 1.165) is 33.4 Å². The summed E-state index contributed by atoms with van der Waals surface area (Å²) in [6.45, 7) is 3.72. The van der Waals surface area contributed by atoms with Gasteiger partial charge in [0.15, 0.2) is 5.78 Å². The first-order valence-electron chi connectivity index (χ1n) is 9.75. The zero-order valence-corrected chi connectivity index (χ0v) is 18.2. The fraction of sp³-hybridized carbons (Fsp3) is 0.208. The standard InChI is InChI=1S/C24H24FO5P/c1-15-9-19(24(27)14-31(28,29)30)10-16(2)22(15)13-18-5-8-23(26)20(12-18)11-17-3-6-21(25)7-4-17/h3-10,12,26H,11,13-14H2,1-2H3,(H2,28,29,30). The number of rotatable bonds is 7. The third-order valence-corrected chi connectivity index (χ3v) is 5.90. The first kappa shape index (κ1) is 22.9. The van der Waals surface area contributed by atoms with Gasteiger partial charge in [0.2, 0.25) is 0 Å². The number of carbonyl (C=O) groups excluding carboxylic acids is 1. The molecule has 31 heavy (non-hydrogen) atoms. The van der Waals surface area contributed by atoms with Gasteiger partial charge in [-0.05, 0) is 84.0 Å². The number of carbonyl (C=O) groups is 1. The molecule has 7 heteroatoms. The Balaban J connectivity index is 1.84. The lowest BCUT2D eigenvalue weighted by Gasteiger charge is -2.14. The van der Waals surface area contributed by atoms with Gasteiger partial charge in [-0.2, -0.15) is 0 Å². The predicted octanol–water partition coefficient (Wildman–Crippen LogP) is 4.69. The topological polar surface area (TPSA) is 94.8 Å². The van der Waals surface area contributed by atoms with Gasteiger partial charge in [0.1, 0.15) is 17.7 Å². The number of aromatic hydroxyl groups is 1. The van der Waals surface area contributed by atoms with E-state index in [1.165, 1.54) is 12.1 Å². The van der Waals surface area contributed by atoms with Crippen LogP contribution in [0.2, 0.25) is 0 Å². The number of phenols is 1. The van der Waals surface area contributed by atoms with Crippen molar-refractivity contribution in [3.05, 3.63) is 99.4 Å². The number of hydrogen-bond donors (Lipinski definition) is 3. The van der Waals surface area contributed by atoms with Gasteiger partial charge in [0.25, 0.3) is 0 Å². The molecule has 0 amide bonds. The minimum atomic E-state index is -4.42. The molecule has 0 atom stereocenters. The summed E-state index contributed by atoms with van der Waals surface area (Å²) >= 11 is 0. The van der Waals surface area contributed by atoms with Gasteiger partial charge < -0.3 is 14.9 Å². The molecule has 0 spiro atoms. The quantitative estimate of drug-likeness (QED) is 0.365. The lowest BCUT2D eigenvalue weighted by atomic mass is 9.92. The number of Topliss-reactive ketones (excluding diaryl/α,β-unsaturated/α-hetero) is 1. The lowest BCUT2D eigenvalue weighted by Crippen LogP contribution is -2.08. The molecule has 0 aromatic heterocycles. The molecule has 0 aliphatic carbocycles. The minimum absolute atomic E-state index is 0.167. The van der Waals surface area contributed by atoms with Gasteiger partial charge in [-0.3, -0.25) is 9.36 Å². The molecule has 0 saturated heterocycles. The van der Waals surface area contributed by atoms with E-state index >= 15 is 0 Å². The maximum Gasteiger partial charge on any atom is 0.333 e. The lowest BCUT2D eigenvalue weighted by molar-refractivity contribution is 0.101. The van der Waals surface area contributed by atoms with E-state index in [0.29, 0.717) is 12.8 Å². The maximum atomic E-state index is 13.1. The second-order valence-corrected chi connectivity index (χ2v) is 9.42. The first-order chi connectivity index (χ1) is 14.5. The number of halogens is 1. The van der Waals surface area contributed by atoms with Crippen LogP contribution in [0.15, 0.2) is 54.6 Å². The van der Waals surface area contributed by atoms with Crippen molar-refractivity contribution in [3.63, 3.8) is 0 Å². The van der Waals surface area contributed by atoms with E-state index in [1.807, 2.05) is 26.0 Å². The van der Waals surface area contributed by atoms with Crippen molar-refractivity contribution in [1.82, 2.24) is 0 Å². The average molecular weight is 442 g/mol. The van der Waals surface area contributed by atoms with Gasteiger partial charge in [0, 0.05) is 12.0 Å². The first-order valence-corrected chi connectivity index (χ1v) is 11.5. The molecule has 0 bridgehead atoms. The highest BCUT2D eigenvalue weighted by atomic mass is 31.2. The summed E-state index contributed by atoms with van der Waals surface area (Å²) in [4.78, 5) is 30.3. The molecular formula is C24H24FO5P. The van der Waals surface area contributed by atoms with E-state index in [-0.39, 0.29) is 17.1 Å². The second-order valence-electron chi connectivity index (χ2n) is 7.78. The molecule has 3 rings (SSSR count). The van der Waals surface area contributed by atoms with Crippen molar-refractivity contribution < 1.29 is 28.6 Å². The van der Waals surface area contributed by atoms with Gasteiger partial charge >= 0.3 is 7.60 Å². The Kier molecular flexibility index (Phi) is 6.75. The SMILES string of the molecule is Cc1cc(C(=O)CP(=O)(O)O)cc(C)c1Cc1ccc(O)c(Cc2ccc(F)cc2)c1. The zero-order valence-electron chi connectivity index (χ0n) is 17.3. The number of aryl methyl sites for hydroxylation is 2. The third-order valence-electron chi connectivity index (χ3n) is 5.20. The van der Waals surface area contributed by atoms with Crippen molar-refractivity contribution in [2.45, 2.75) is 26.7 Å². The molecule has 0 unspecified atom stereocenters. The molecule has 0 radical (unpaired) electrons. The highest BCUT2D eigenvalue weighted by Gasteiger charge is 2.21. The summed E-state index contributed by atoms with van der Waals surface area (Å²) in [5.74, 6) is -0.729. The largest absolute Gasteiger partial charge is 0.508 e. The number of hydrogen-bond acceptors (Lipinski definition) is 3. The van der Waals surface area contributed by atoms with Crippen LogP contribution >= 0.6 is 7.60 Å². The predicted molar refractivity (Wildman–Crippen MR) is 117 cm³/mol. The maximum absolute atomic E-state index is 13.1. The molecule has 3 N–H and O–H groups in total. The summed E-state index contributed by atoms with van der Waals surface area (Å²) in [6.07, 6.45) is 0.227. The Morgan fingerprint density at radius 2 is 1.48 bits per heavy atom. The highest BCUT2D eigenvalue weighted by molar-refractivity contribution is 7.52. The Labute approximate surface area is 180 Å². The van der Waals surface area contributed by atoms with Crippen molar-refractivity contribution >= 4 is 13.4 Å². The van der Waals surface area contributed by atoms with Crippen LogP contribution in [0, 0.1) is 19.7 Å². The van der Waals surface area contributed by atoms with E-state index in [9.17, 15) is 18.9 Å². The molecular weight excluding hydrogens is 418 g/mol. The van der Waals surface area contributed by atoms with Crippen molar-refractivity contribution in [3.8, 4) is 5.75 Å². The molecule has 3 aromatic carbocycles. The Morgan fingerprint density at radius 3 is 2.06 bits per heavy atom. The second kappa shape index (κ2) is 9.15. The molecule has 0 saturated carbocycles. The van der Waals surface area contributed by atoms with E-state index < -0.39 is 19.5 Å². The monoisotopic (exact) mass is 442 g/mol. The van der Waals surface area contributed by atoms with Gasteiger partial charge in [-0.15, -0.1) is 0 Å². The molecule has 0 fully saturated rings. The van der Waals surface area contributed by atoms with Crippen LogP contribution in [0.5, 0.6) is 5.75 Å². The molecule has 5 nitrogen and oxygen atoms in total. The van der Waals surface area contributed by atoms with E-state index in [4.69, 9.17) is 9.79 Å². The fourth-order valence-electron chi connectivity index (χ4n) is 3.63. The van der Waals surface area contributed by atoms with Crippen LogP contribution in [0.4, 0.5) is 4.39 Å². The Morgan fingerprint density at radius 1 is 0.903 bits per heavy atom. The number of ketones is 1. The Bertz CT molecular complexity index is 1140. The normalized spacial score (nSPS) is 11.5. The van der Waals surface area contributed by atoms with Crippen molar-refractivity contribution in [1.29, 1.82) is 0 Å². The summed E-state index contributed by atoms with van der Waals surface area (Å²) < 4.78 is 24.3. The van der Waals surface area contributed by atoms with Crippen molar-refractivity contribution in [2.24, 2.45) is 0 Å². The minimum Gasteiger partial charge on any atom is -0.508 e. The number of benzene rings is 3. The summed E-state index contributed by atoms with van der Waals surface area (Å²) in [5.41, 5.74) is 5.57. The molecule has 3 aromatic rings. The van der Waals surface area contributed by atoms with E-state index in [1.54, 1.807) is 30.3 Å². The van der Waals surface area contributed by atoms with Crippen LogP contribution in [-0.2, 0) is 17.4 Å².